The molecule has 0 aliphatic rings. The number of hydrogen-bond acceptors (Lipinski definition) is 3. The molecule has 0 fully saturated rings. The molecule has 0 aliphatic heterocycles. The van der Waals surface area contributed by atoms with Crippen LogP contribution in [0.5, 0.6) is 5.75 Å². The number of rotatable bonds is 4. The zero-order valence-corrected chi connectivity index (χ0v) is 27.4. The van der Waals surface area contributed by atoms with Crippen molar-refractivity contribution in [2.24, 2.45) is 0 Å². The molecule has 2 aromatic heterocycles. The van der Waals surface area contributed by atoms with E-state index in [0.29, 0.717) is 22.7 Å². The van der Waals surface area contributed by atoms with Crippen molar-refractivity contribution in [2.75, 3.05) is 7.11 Å². The molecule has 0 saturated carbocycles. The first kappa shape index (κ1) is 30.9. The second kappa shape index (κ2) is 12.4. The quantitative estimate of drug-likeness (QED) is 0.172. The van der Waals surface area contributed by atoms with Crippen LogP contribution in [0.25, 0.3) is 44.5 Å². The Bertz CT molecular complexity index is 1660. The van der Waals surface area contributed by atoms with Crippen LogP contribution in [0, 0.1) is 11.9 Å². The van der Waals surface area contributed by atoms with E-state index in [1.165, 1.54) is 24.3 Å². The van der Waals surface area contributed by atoms with E-state index in [-0.39, 0.29) is 10.8 Å². The monoisotopic (exact) mass is 747 g/mol. The number of benzene rings is 3. The molecular formula is C35H34ClFN2OPt. The Morgan fingerprint density at radius 2 is 1.34 bits per heavy atom. The summed E-state index contributed by atoms with van der Waals surface area (Å²) in [5.41, 5.74) is 6.63. The van der Waals surface area contributed by atoms with Gasteiger partial charge in [0.15, 0.2) is 0 Å². The first-order chi connectivity index (χ1) is 19.4. The van der Waals surface area contributed by atoms with Crippen LogP contribution in [-0.4, -0.2) is 17.1 Å². The maximum atomic E-state index is 15.3. The predicted octanol–water partition coefficient (Wildman–Crippen LogP) is 9.86. The Hall–Kier alpha value is -3.07. The van der Waals surface area contributed by atoms with Crippen LogP contribution >= 0.6 is 9.42 Å². The van der Waals surface area contributed by atoms with Gasteiger partial charge in [-0.05, 0) is 56.3 Å². The number of aromatic nitrogens is 2. The van der Waals surface area contributed by atoms with Gasteiger partial charge in [0.25, 0.3) is 0 Å². The molecule has 0 amide bonds. The summed E-state index contributed by atoms with van der Waals surface area (Å²) in [5.74, 6) is -0.0215. The summed E-state index contributed by atoms with van der Waals surface area (Å²) in [6.07, 6.45) is 1.86. The van der Waals surface area contributed by atoms with E-state index >= 15 is 4.39 Å². The standard InChI is InChI=1S/C35H34FN2O.ClH.Pt/c1-34(2,3)26-14-24(15-27(19-26)35(4,5)6)25-17-31(29-13-12-28(39-7)20-30(29)36)38-33(18-25)32-16-22-10-8-9-11-23(22)21-37-32;;/h8-12,14-21H,1-7H3;1H;/q-1;;+2/p-1. The molecule has 0 atom stereocenters. The molecule has 0 saturated heterocycles. The van der Waals surface area contributed by atoms with Gasteiger partial charge in [-0.3, -0.25) is 14.4 Å². The third-order valence-corrected chi connectivity index (χ3v) is 7.08. The third kappa shape index (κ3) is 7.05. The summed E-state index contributed by atoms with van der Waals surface area (Å²) in [4.78, 5) is 9.61. The van der Waals surface area contributed by atoms with Crippen LogP contribution in [0.3, 0.4) is 0 Å². The fraction of sp³-hybridized carbons (Fsp3) is 0.257. The van der Waals surface area contributed by atoms with Crippen LogP contribution in [0.1, 0.15) is 52.7 Å². The zero-order valence-electron chi connectivity index (χ0n) is 24.4. The van der Waals surface area contributed by atoms with Crippen LogP contribution in [0.2, 0.25) is 0 Å². The van der Waals surface area contributed by atoms with Gasteiger partial charge in [0.2, 0.25) is 0 Å². The summed E-state index contributed by atoms with van der Waals surface area (Å²) in [6.45, 7) is 13.3. The van der Waals surface area contributed by atoms with Crippen LogP contribution in [-0.2, 0) is 29.6 Å². The van der Waals surface area contributed by atoms with Gasteiger partial charge in [-0.2, -0.15) is 0 Å². The SMILES string of the molecule is COc1c[c-]c(-c2cc(-c3cc(C(C)(C)C)cc(C(C)(C)C)c3)cc(-c3cc4ccccc4cn3)n2)c(F)c1.[Cl][Pt+]. The van der Waals surface area contributed by atoms with Crippen LogP contribution in [0.15, 0.2) is 79.0 Å². The second-order valence-electron chi connectivity index (χ2n) is 12.1. The van der Waals surface area contributed by atoms with Crippen LogP contribution < -0.4 is 4.74 Å². The summed E-state index contributed by atoms with van der Waals surface area (Å²) >= 11 is 1.61. The topological polar surface area (TPSA) is 35.0 Å². The second-order valence-corrected chi connectivity index (χ2v) is 12.1. The first-order valence-electron chi connectivity index (χ1n) is 13.3. The Kier molecular flexibility index (Phi) is 9.36. The summed E-state index contributed by atoms with van der Waals surface area (Å²) in [5, 5.41) is 2.13. The molecule has 5 rings (SSSR count). The van der Waals surface area contributed by atoms with E-state index < -0.39 is 5.82 Å². The van der Waals surface area contributed by atoms with Gasteiger partial charge in [-0.25, -0.2) is 0 Å². The fourth-order valence-electron chi connectivity index (χ4n) is 4.61. The molecule has 3 nitrogen and oxygen atoms in total. The molecule has 0 spiro atoms. The van der Waals surface area contributed by atoms with Crippen molar-refractivity contribution >= 4 is 20.2 Å². The number of ether oxygens (including phenoxy) is 1. The van der Waals surface area contributed by atoms with Crippen LogP contribution in [0.4, 0.5) is 4.39 Å². The molecule has 0 radical (unpaired) electrons. The Balaban J connectivity index is 0.00000189. The number of pyridine rings is 2. The number of halogens is 2. The Morgan fingerprint density at radius 1 is 0.756 bits per heavy atom. The molecule has 0 N–H and O–H groups in total. The van der Waals surface area contributed by atoms with Gasteiger partial charge in [0.05, 0.1) is 18.5 Å². The predicted molar refractivity (Wildman–Crippen MR) is 164 cm³/mol. The van der Waals surface area contributed by atoms with Gasteiger partial charge in [-0.1, -0.05) is 102 Å². The van der Waals surface area contributed by atoms with E-state index in [9.17, 15) is 0 Å². The normalized spacial score (nSPS) is 11.7. The molecule has 3 aromatic carbocycles. The molecule has 41 heavy (non-hydrogen) atoms. The van der Waals surface area contributed by atoms with Gasteiger partial charge in [-0.15, -0.1) is 12.1 Å². The average molecular weight is 748 g/mol. The molecule has 0 aliphatic carbocycles. The molecular weight excluding hydrogens is 714 g/mol. The van der Waals surface area contributed by atoms with Crippen molar-refractivity contribution in [1.82, 2.24) is 9.97 Å². The third-order valence-electron chi connectivity index (χ3n) is 7.08. The minimum absolute atomic E-state index is 0.0372. The molecule has 6 heteroatoms. The number of hydrogen-bond donors (Lipinski definition) is 0. The van der Waals surface area contributed by atoms with Crippen molar-refractivity contribution in [3.63, 3.8) is 0 Å². The van der Waals surface area contributed by atoms with Gasteiger partial charge >= 0.3 is 28.2 Å². The van der Waals surface area contributed by atoms with E-state index in [4.69, 9.17) is 14.7 Å². The fourth-order valence-corrected chi connectivity index (χ4v) is 4.61. The Labute approximate surface area is 258 Å². The van der Waals surface area contributed by atoms with Gasteiger partial charge in [0.1, 0.15) is 0 Å². The van der Waals surface area contributed by atoms with Crippen molar-refractivity contribution in [3.05, 3.63) is 102 Å². The zero-order chi connectivity index (χ0) is 29.9. The van der Waals surface area contributed by atoms with Gasteiger partial charge < -0.3 is 4.74 Å². The Morgan fingerprint density at radius 3 is 1.93 bits per heavy atom. The van der Waals surface area contributed by atoms with E-state index in [1.807, 2.05) is 36.5 Å². The molecule has 2 heterocycles. The summed E-state index contributed by atoms with van der Waals surface area (Å²) in [7, 11) is 6.12. The number of fused-ring (bicyclic) bond motifs is 1. The number of nitrogens with zero attached hydrogens (tertiary/aromatic N) is 2. The van der Waals surface area contributed by atoms with Crippen molar-refractivity contribution in [3.8, 4) is 39.5 Å². The summed E-state index contributed by atoms with van der Waals surface area (Å²) in [6, 6.07) is 27.0. The van der Waals surface area contributed by atoms with E-state index in [2.05, 4.69) is 87.4 Å². The molecule has 5 aromatic rings. The molecule has 0 unspecified atom stereocenters. The van der Waals surface area contributed by atoms with Crippen molar-refractivity contribution < 1.29 is 27.9 Å². The minimum atomic E-state index is -0.435. The average Bonchev–Trinajstić information content (AvgIpc) is 2.96. The number of methoxy groups -OCH3 is 1. The summed E-state index contributed by atoms with van der Waals surface area (Å²) < 4.78 is 20.5. The molecule has 0 bridgehead atoms. The van der Waals surface area contributed by atoms with E-state index in [0.717, 1.165) is 27.6 Å². The van der Waals surface area contributed by atoms with Crippen molar-refractivity contribution in [2.45, 2.75) is 52.4 Å². The van der Waals surface area contributed by atoms with Crippen molar-refractivity contribution in [1.29, 1.82) is 0 Å². The molecule has 214 valence electrons. The maximum absolute atomic E-state index is 15.3. The first-order valence-corrected chi connectivity index (χ1v) is 16.2. The van der Waals surface area contributed by atoms with E-state index in [1.54, 1.807) is 24.8 Å². The van der Waals surface area contributed by atoms with Gasteiger partial charge in [0, 0.05) is 23.1 Å².